The van der Waals surface area contributed by atoms with Crippen molar-refractivity contribution in [1.29, 1.82) is 0 Å². The predicted octanol–water partition coefficient (Wildman–Crippen LogP) is 3.47. The van der Waals surface area contributed by atoms with Crippen LogP contribution in [0.2, 0.25) is 0 Å². The van der Waals surface area contributed by atoms with E-state index in [-0.39, 0.29) is 24.4 Å². The first-order valence-corrected chi connectivity index (χ1v) is 8.06. The van der Waals surface area contributed by atoms with E-state index in [1.165, 1.54) is 17.7 Å². The lowest BCUT2D eigenvalue weighted by Crippen LogP contribution is -2.31. The summed E-state index contributed by atoms with van der Waals surface area (Å²) in [5.74, 6) is 1.01. The van der Waals surface area contributed by atoms with Crippen LogP contribution in [-0.2, 0) is 4.79 Å². The van der Waals surface area contributed by atoms with Gasteiger partial charge in [-0.3, -0.25) is 4.79 Å². The fourth-order valence-electron chi connectivity index (χ4n) is 2.61. The Morgan fingerprint density at radius 3 is 2.80 bits per heavy atom. The molecule has 1 unspecified atom stereocenters. The summed E-state index contributed by atoms with van der Waals surface area (Å²) in [5.41, 5.74) is 0. The third-order valence-electron chi connectivity index (χ3n) is 4.15. The van der Waals surface area contributed by atoms with E-state index in [0.29, 0.717) is 6.42 Å². The van der Waals surface area contributed by atoms with E-state index < -0.39 is 0 Å². The van der Waals surface area contributed by atoms with E-state index in [1.807, 2.05) is 18.0 Å². The second kappa shape index (κ2) is 8.65. The number of halogens is 1. The minimum Gasteiger partial charge on any atom is -0.338 e. The van der Waals surface area contributed by atoms with Crippen LogP contribution in [0.3, 0.4) is 0 Å². The molecule has 0 aromatic carbocycles. The lowest BCUT2D eigenvalue weighted by molar-refractivity contribution is -0.132. The first-order valence-electron chi connectivity index (χ1n) is 7.18. The van der Waals surface area contributed by atoms with E-state index in [4.69, 9.17) is 0 Å². The number of nitrogens with one attached hydrogen (secondary N) is 1. The molecule has 1 fully saturated rings. The number of hydrogen-bond donors (Lipinski definition) is 1. The van der Waals surface area contributed by atoms with Gasteiger partial charge in [-0.05, 0) is 56.6 Å². The van der Waals surface area contributed by atoms with Gasteiger partial charge in [-0.25, -0.2) is 0 Å². The maximum Gasteiger partial charge on any atom is 0.222 e. The summed E-state index contributed by atoms with van der Waals surface area (Å²) in [6.07, 6.45) is 4.17. The number of thiophene rings is 1. The molecule has 1 aromatic heterocycles. The van der Waals surface area contributed by atoms with Crippen molar-refractivity contribution in [1.82, 2.24) is 10.2 Å². The third-order valence-corrected chi connectivity index (χ3v) is 5.20. The van der Waals surface area contributed by atoms with Gasteiger partial charge < -0.3 is 10.2 Å². The van der Waals surface area contributed by atoms with Crippen LogP contribution >= 0.6 is 23.7 Å². The number of rotatable bonds is 5. The highest BCUT2D eigenvalue weighted by atomic mass is 35.5. The Morgan fingerprint density at radius 2 is 2.20 bits per heavy atom. The summed E-state index contributed by atoms with van der Waals surface area (Å²) in [6.45, 7) is 4.33. The Hall–Kier alpha value is -0.580. The molecule has 1 saturated heterocycles. The largest absolute Gasteiger partial charge is 0.338 e. The summed E-state index contributed by atoms with van der Waals surface area (Å²) >= 11 is 1.72. The fraction of sp³-hybridized carbons (Fsp3) is 0.667. The van der Waals surface area contributed by atoms with Gasteiger partial charge in [-0.15, -0.1) is 23.7 Å². The number of piperidine rings is 1. The van der Waals surface area contributed by atoms with Gasteiger partial charge in [-0.1, -0.05) is 6.07 Å². The molecule has 0 spiro atoms. The second-order valence-corrected chi connectivity index (χ2v) is 6.41. The molecule has 1 N–H and O–H groups in total. The molecule has 3 nitrogen and oxygen atoms in total. The first kappa shape index (κ1) is 17.5. The van der Waals surface area contributed by atoms with Crippen molar-refractivity contribution >= 4 is 29.7 Å². The number of hydrogen-bond acceptors (Lipinski definition) is 3. The van der Waals surface area contributed by atoms with Crippen molar-refractivity contribution in [2.75, 3.05) is 20.1 Å². The minimum atomic E-state index is 0. The second-order valence-electron chi connectivity index (χ2n) is 5.43. The summed E-state index contributed by atoms with van der Waals surface area (Å²) in [7, 11) is 1.93. The molecule has 1 aromatic rings. The summed E-state index contributed by atoms with van der Waals surface area (Å²) in [5, 5.41) is 5.44. The monoisotopic (exact) mass is 316 g/mol. The molecule has 2 heterocycles. The van der Waals surface area contributed by atoms with Crippen molar-refractivity contribution in [3.05, 3.63) is 22.4 Å². The van der Waals surface area contributed by atoms with Crippen molar-refractivity contribution in [2.24, 2.45) is 5.92 Å². The van der Waals surface area contributed by atoms with Gasteiger partial charge >= 0.3 is 0 Å². The highest BCUT2D eigenvalue weighted by Crippen LogP contribution is 2.25. The lowest BCUT2D eigenvalue weighted by Gasteiger charge is -2.26. The minimum absolute atomic E-state index is 0. The van der Waals surface area contributed by atoms with Crippen LogP contribution in [0.15, 0.2) is 17.5 Å². The van der Waals surface area contributed by atoms with Crippen LogP contribution in [0.25, 0.3) is 0 Å². The SMILES string of the molecule is CC(c1cccs1)N(C)C(=O)CCC1CCNCC1.Cl. The molecule has 1 aliphatic rings. The van der Waals surface area contributed by atoms with Crippen molar-refractivity contribution < 1.29 is 4.79 Å². The van der Waals surface area contributed by atoms with Crippen LogP contribution in [-0.4, -0.2) is 30.9 Å². The highest BCUT2D eigenvalue weighted by molar-refractivity contribution is 7.10. The molecule has 0 bridgehead atoms. The van der Waals surface area contributed by atoms with E-state index in [1.54, 1.807) is 11.3 Å². The maximum absolute atomic E-state index is 12.2. The topological polar surface area (TPSA) is 32.3 Å². The Bertz CT molecular complexity index is 391. The number of amides is 1. The summed E-state index contributed by atoms with van der Waals surface area (Å²) in [4.78, 5) is 15.4. The first-order chi connectivity index (χ1) is 9.18. The smallest absolute Gasteiger partial charge is 0.222 e. The molecule has 5 heteroatoms. The molecule has 1 aliphatic heterocycles. The number of carbonyl (C=O) groups excluding carboxylic acids is 1. The molecule has 0 saturated carbocycles. The zero-order valence-corrected chi connectivity index (χ0v) is 13.9. The van der Waals surface area contributed by atoms with Crippen molar-refractivity contribution in [3.63, 3.8) is 0 Å². The van der Waals surface area contributed by atoms with E-state index in [0.717, 1.165) is 25.4 Å². The van der Waals surface area contributed by atoms with Crippen LogP contribution in [0, 0.1) is 5.92 Å². The molecule has 114 valence electrons. The number of carbonyl (C=O) groups is 1. The molecular weight excluding hydrogens is 292 g/mol. The number of nitrogens with zero attached hydrogens (tertiary/aromatic N) is 1. The van der Waals surface area contributed by atoms with Crippen LogP contribution < -0.4 is 5.32 Å². The third kappa shape index (κ3) is 4.76. The Balaban J connectivity index is 0.00000200. The van der Waals surface area contributed by atoms with Crippen LogP contribution in [0.4, 0.5) is 0 Å². The van der Waals surface area contributed by atoms with E-state index in [9.17, 15) is 4.79 Å². The zero-order chi connectivity index (χ0) is 13.7. The molecule has 20 heavy (non-hydrogen) atoms. The Morgan fingerprint density at radius 1 is 1.50 bits per heavy atom. The highest BCUT2D eigenvalue weighted by Gasteiger charge is 2.20. The molecule has 0 radical (unpaired) electrons. The van der Waals surface area contributed by atoms with Crippen molar-refractivity contribution in [2.45, 2.75) is 38.6 Å². The summed E-state index contributed by atoms with van der Waals surface area (Å²) in [6, 6.07) is 4.34. The lowest BCUT2D eigenvalue weighted by atomic mass is 9.93. The van der Waals surface area contributed by atoms with E-state index in [2.05, 4.69) is 23.7 Å². The summed E-state index contributed by atoms with van der Waals surface area (Å²) < 4.78 is 0. The Kier molecular flexibility index (Phi) is 7.56. The van der Waals surface area contributed by atoms with Gasteiger partial charge in [0, 0.05) is 18.3 Å². The molecule has 2 rings (SSSR count). The Labute approximate surface area is 132 Å². The van der Waals surface area contributed by atoms with Gasteiger partial charge in [0.25, 0.3) is 0 Å². The van der Waals surface area contributed by atoms with Gasteiger partial charge in [0.15, 0.2) is 0 Å². The molecule has 1 amide bonds. The molecular formula is C15H25ClN2OS. The van der Waals surface area contributed by atoms with E-state index >= 15 is 0 Å². The van der Waals surface area contributed by atoms with Crippen molar-refractivity contribution in [3.8, 4) is 0 Å². The molecule has 1 atom stereocenters. The standard InChI is InChI=1S/C15H24N2OS.ClH/c1-12(14-4-3-11-19-14)17(2)15(18)6-5-13-7-9-16-10-8-13;/h3-4,11-13,16H,5-10H2,1-2H3;1H. The zero-order valence-electron chi connectivity index (χ0n) is 12.3. The maximum atomic E-state index is 12.2. The average Bonchev–Trinajstić information content (AvgIpc) is 2.98. The van der Waals surface area contributed by atoms with Gasteiger partial charge in [0.2, 0.25) is 5.91 Å². The van der Waals surface area contributed by atoms with Gasteiger partial charge in [0.1, 0.15) is 0 Å². The quantitative estimate of drug-likeness (QED) is 0.902. The van der Waals surface area contributed by atoms with Gasteiger partial charge in [-0.2, -0.15) is 0 Å². The fourth-order valence-corrected chi connectivity index (χ4v) is 3.44. The predicted molar refractivity (Wildman–Crippen MR) is 87.6 cm³/mol. The van der Waals surface area contributed by atoms with Gasteiger partial charge in [0.05, 0.1) is 6.04 Å². The van der Waals surface area contributed by atoms with Crippen LogP contribution in [0.5, 0.6) is 0 Å². The normalized spacial score (nSPS) is 17.3. The average molecular weight is 317 g/mol. The van der Waals surface area contributed by atoms with Crippen LogP contribution in [0.1, 0.15) is 43.5 Å². The molecule has 0 aliphatic carbocycles.